The number of hydrogen-bond acceptors (Lipinski definition) is 3. The summed E-state index contributed by atoms with van der Waals surface area (Å²) in [4.78, 5) is 19.8. The third kappa shape index (κ3) is 5.32. The third-order valence-corrected chi connectivity index (χ3v) is 7.94. The molecule has 4 aromatic rings. The lowest BCUT2D eigenvalue weighted by atomic mass is 9.96. The summed E-state index contributed by atoms with van der Waals surface area (Å²) in [6, 6.07) is 22.4. The van der Waals surface area contributed by atoms with E-state index in [1.807, 2.05) is 55.6 Å². The van der Waals surface area contributed by atoms with E-state index < -0.39 is 0 Å². The topological polar surface area (TPSA) is 62.2 Å². The number of amides is 1. The zero-order chi connectivity index (χ0) is 27.7. The summed E-state index contributed by atoms with van der Waals surface area (Å²) in [5.41, 5.74) is 9.92. The molecule has 1 aliphatic rings. The molecule has 39 heavy (non-hydrogen) atoms. The van der Waals surface area contributed by atoms with Crippen LogP contribution in [-0.4, -0.2) is 32.0 Å². The fraction of sp³-hybridized carbons (Fsp3) is 0.281. The summed E-state index contributed by atoms with van der Waals surface area (Å²) in [6.07, 6.45) is 2.13. The highest BCUT2D eigenvalue weighted by Gasteiger charge is 2.41. The predicted octanol–water partition coefficient (Wildman–Crippen LogP) is 6.42. The molecule has 1 amide bonds. The number of aryl methyl sites for hydroxylation is 4. The standard InChI is InChI=1S/C32H35N5OS/c1-20-13-14-22(3)28(18-20)37-23(4)19-25(24(37)5)31-30(27-12-8-9-16-33-27)35-32(39)36(31)17-15-29(38)34-26-11-7-6-10-21(26)2/h6-14,16,18-19,30-31H,15,17H2,1-5H3,(H,34,38)(H,35,39)/t30-,31+/m0/s1. The lowest BCUT2D eigenvalue weighted by Crippen LogP contribution is -2.33. The molecule has 2 aromatic carbocycles. The molecule has 0 aliphatic carbocycles. The Kier molecular flexibility index (Phi) is 7.53. The molecule has 1 aliphatic heterocycles. The minimum absolute atomic E-state index is 0.0343. The Morgan fingerprint density at radius 3 is 2.49 bits per heavy atom. The van der Waals surface area contributed by atoms with Crippen molar-refractivity contribution < 1.29 is 4.79 Å². The SMILES string of the molecule is Cc1ccc(C)c(-n2c(C)cc([C@@H]3[C@H](c4ccccn4)NC(=S)N3CCC(=O)Nc3ccccc3C)c2C)c1. The first-order chi connectivity index (χ1) is 18.7. The highest BCUT2D eigenvalue weighted by atomic mass is 32.1. The molecular weight excluding hydrogens is 502 g/mol. The smallest absolute Gasteiger partial charge is 0.226 e. The van der Waals surface area contributed by atoms with Crippen molar-refractivity contribution in [1.82, 2.24) is 19.8 Å². The van der Waals surface area contributed by atoms with E-state index in [4.69, 9.17) is 12.2 Å². The largest absolute Gasteiger partial charge is 0.352 e. The summed E-state index contributed by atoms with van der Waals surface area (Å²) in [7, 11) is 0. The van der Waals surface area contributed by atoms with Gasteiger partial charge in [0.2, 0.25) is 5.91 Å². The van der Waals surface area contributed by atoms with Gasteiger partial charge in [0.05, 0.1) is 17.8 Å². The van der Waals surface area contributed by atoms with E-state index in [0.29, 0.717) is 18.1 Å². The normalized spacial score (nSPS) is 16.8. The van der Waals surface area contributed by atoms with E-state index in [0.717, 1.165) is 28.3 Å². The van der Waals surface area contributed by atoms with Crippen LogP contribution in [0.5, 0.6) is 0 Å². The van der Waals surface area contributed by atoms with Crippen LogP contribution in [0.3, 0.4) is 0 Å². The highest BCUT2D eigenvalue weighted by Crippen LogP contribution is 2.41. The van der Waals surface area contributed by atoms with Crippen LogP contribution in [0.1, 0.15) is 57.8 Å². The first kappa shape index (κ1) is 26.6. The van der Waals surface area contributed by atoms with Crippen molar-refractivity contribution in [2.75, 3.05) is 11.9 Å². The second kappa shape index (κ2) is 11.0. The van der Waals surface area contributed by atoms with Gasteiger partial charge in [-0.25, -0.2) is 0 Å². The van der Waals surface area contributed by atoms with Gasteiger partial charge < -0.3 is 20.1 Å². The van der Waals surface area contributed by atoms with E-state index in [-0.39, 0.29) is 18.0 Å². The fourth-order valence-corrected chi connectivity index (χ4v) is 5.88. The zero-order valence-electron chi connectivity index (χ0n) is 23.2. The maximum atomic E-state index is 13.0. The molecule has 1 fully saturated rings. The molecule has 0 spiro atoms. The minimum atomic E-state index is -0.134. The number of pyridine rings is 1. The zero-order valence-corrected chi connectivity index (χ0v) is 24.0. The van der Waals surface area contributed by atoms with E-state index in [2.05, 4.69) is 77.0 Å². The number of nitrogens with zero attached hydrogens (tertiary/aromatic N) is 3. The van der Waals surface area contributed by atoms with Gasteiger partial charge in [0.1, 0.15) is 0 Å². The number of nitrogens with one attached hydrogen (secondary N) is 2. The number of hydrogen-bond donors (Lipinski definition) is 2. The average Bonchev–Trinajstić information content (AvgIpc) is 3.40. The molecule has 6 nitrogen and oxygen atoms in total. The van der Waals surface area contributed by atoms with Crippen molar-refractivity contribution in [3.05, 3.63) is 112 Å². The molecule has 7 heteroatoms. The van der Waals surface area contributed by atoms with Gasteiger partial charge in [-0.2, -0.15) is 0 Å². The van der Waals surface area contributed by atoms with Crippen LogP contribution in [0, 0.1) is 34.6 Å². The summed E-state index contributed by atoms with van der Waals surface area (Å²) in [5.74, 6) is -0.0343. The quantitative estimate of drug-likeness (QED) is 0.267. The van der Waals surface area contributed by atoms with Crippen LogP contribution in [0.2, 0.25) is 0 Å². The maximum absolute atomic E-state index is 13.0. The molecule has 200 valence electrons. The molecule has 2 N–H and O–H groups in total. The fourth-order valence-electron chi connectivity index (χ4n) is 5.55. The minimum Gasteiger partial charge on any atom is -0.352 e. The summed E-state index contributed by atoms with van der Waals surface area (Å²) < 4.78 is 2.33. The summed E-state index contributed by atoms with van der Waals surface area (Å²) in [6.45, 7) is 11.1. The average molecular weight is 538 g/mol. The van der Waals surface area contributed by atoms with Crippen molar-refractivity contribution in [1.29, 1.82) is 0 Å². The van der Waals surface area contributed by atoms with Crippen molar-refractivity contribution in [2.45, 2.75) is 53.1 Å². The van der Waals surface area contributed by atoms with Crippen molar-refractivity contribution in [3.8, 4) is 5.69 Å². The molecule has 0 bridgehead atoms. The number of para-hydroxylation sites is 1. The van der Waals surface area contributed by atoms with Crippen LogP contribution >= 0.6 is 12.2 Å². The molecule has 1 saturated heterocycles. The number of rotatable bonds is 7. The van der Waals surface area contributed by atoms with E-state index in [1.165, 1.54) is 22.4 Å². The Morgan fingerprint density at radius 1 is 0.974 bits per heavy atom. The van der Waals surface area contributed by atoms with Crippen LogP contribution in [-0.2, 0) is 4.79 Å². The lowest BCUT2D eigenvalue weighted by Gasteiger charge is -2.28. The Hall–Kier alpha value is -3.97. The summed E-state index contributed by atoms with van der Waals surface area (Å²) >= 11 is 5.86. The first-order valence-electron chi connectivity index (χ1n) is 13.3. The summed E-state index contributed by atoms with van der Waals surface area (Å²) in [5, 5.41) is 7.21. The number of carbonyl (C=O) groups is 1. The van der Waals surface area contributed by atoms with Gasteiger partial charge in [-0.05, 0) is 99.4 Å². The lowest BCUT2D eigenvalue weighted by molar-refractivity contribution is -0.116. The molecule has 5 rings (SSSR count). The van der Waals surface area contributed by atoms with Crippen LogP contribution < -0.4 is 10.6 Å². The van der Waals surface area contributed by atoms with Crippen LogP contribution in [0.25, 0.3) is 5.69 Å². The molecule has 3 heterocycles. The molecule has 2 aromatic heterocycles. The predicted molar refractivity (Wildman–Crippen MR) is 161 cm³/mol. The van der Waals surface area contributed by atoms with Gasteiger partial charge in [0, 0.05) is 41.9 Å². The Labute approximate surface area is 236 Å². The highest BCUT2D eigenvalue weighted by molar-refractivity contribution is 7.80. The number of thiocarbonyl (C=S) groups is 1. The number of benzene rings is 2. The van der Waals surface area contributed by atoms with E-state index in [1.54, 1.807) is 0 Å². The van der Waals surface area contributed by atoms with Crippen molar-refractivity contribution >= 4 is 28.9 Å². The van der Waals surface area contributed by atoms with Crippen LogP contribution in [0.4, 0.5) is 5.69 Å². The Bertz CT molecular complexity index is 1530. The van der Waals surface area contributed by atoms with Gasteiger partial charge in [-0.3, -0.25) is 9.78 Å². The second-order valence-corrected chi connectivity index (χ2v) is 10.8. The molecule has 0 radical (unpaired) electrons. The first-order valence-corrected chi connectivity index (χ1v) is 13.8. The Balaban J connectivity index is 1.50. The third-order valence-electron chi connectivity index (χ3n) is 7.59. The van der Waals surface area contributed by atoms with E-state index >= 15 is 0 Å². The number of aromatic nitrogens is 2. The van der Waals surface area contributed by atoms with E-state index in [9.17, 15) is 4.79 Å². The van der Waals surface area contributed by atoms with Gasteiger partial charge in [0.25, 0.3) is 0 Å². The van der Waals surface area contributed by atoms with Crippen molar-refractivity contribution in [3.63, 3.8) is 0 Å². The van der Waals surface area contributed by atoms with Gasteiger partial charge in [-0.1, -0.05) is 36.4 Å². The maximum Gasteiger partial charge on any atom is 0.226 e. The Morgan fingerprint density at radius 2 is 1.74 bits per heavy atom. The molecule has 0 unspecified atom stereocenters. The van der Waals surface area contributed by atoms with Crippen molar-refractivity contribution in [2.24, 2.45) is 0 Å². The van der Waals surface area contributed by atoms with Gasteiger partial charge in [-0.15, -0.1) is 0 Å². The molecule has 0 saturated carbocycles. The molecule has 2 atom stereocenters. The molecular formula is C32H35N5OS. The monoisotopic (exact) mass is 537 g/mol. The van der Waals surface area contributed by atoms with Gasteiger partial charge >= 0.3 is 0 Å². The van der Waals surface area contributed by atoms with Gasteiger partial charge in [0.15, 0.2) is 5.11 Å². The second-order valence-electron chi connectivity index (χ2n) is 10.4. The number of anilines is 1. The van der Waals surface area contributed by atoms with Crippen LogP contribution in [0.15, 0.2) is 72.9 Å². The number of carbonyl (C=O) groups excluding carboxylic acids is 1.